The molecular weight excluding hydrogens is 412 g/mol. The monoisotopic (exact) mass is 440 g/mol. The number of aryl methyl sites for hydroxylation is 3. The predicted molar refractivity (Wildman–Crippen MR) is 132 cm³/mol. The minimum absolute atomic E-state index is 0.275. The normalized spacial score (nSPS) is 13.6. The third kappa shape index (κ3) is 4.40. The molecule has 5 nitrogen and oxygen atoms in total. The first-order valence-corrected chi connectivity index (χ1v) is 11.2. The Bertz CT molecular complexity index is 1240. The number of hydrogen-bond donors (Lipinski definition) is 1. The maximum absolute atomic E-state index is 13.7. The second-order valence-corrected chi connectivity index (χ2v) is 8.30. The SMILES string of the molecule is CCCOc1ccc(C2=C(Nc3ccccc3C)C(=O)N(c3cc(C)ccc3C)C2=O)cc1. The number of anilines is 2. The fourth-order valence-electron chi connectivity index (χ4n) is 3.88. The molecule has 0 spiro atoms. The Labute approximate surface area is 194 Å². The molecule has 3 aromatic rings. The minimum atomic E-state index is -0.363. The van der Waals surface area contributed by atoms with Gasteiger partial charge < -0.3 is 10.1 Å². The number of hydrogen-bond acceptors (Lipinski definition) is 4. The molecule has 1 aliphatic heterocycles. The average Bonchev–Trinajstić information content (AvgIpc) is 3.05. The van der Waals surface area contributed by atoms with Crippen molar-refractivity contribution in [3.8, 4) is 5.75 Å². The van der Waals surface area contributed by atoms with E-state index < -0.39 is 0 Å². The van der Waals surface area contributed by atoms with Gasteiger partial charge in [0.05, 0.1) is 17.9 Å². The van der Waals surface area contributed by atoms with Gasteiger partial charge in [0.15, 0.2) is 0 Å². The maximum Gasteiger partial charge on any atom is 0.282 e. The van der Waals surface area contributed by atoms with Crippen LogP contribution in [0.4, 0.5) is 11.4 Å². The molecule has 0 fully saturated rings. The Morgan fingerprint density at radius 1 is 0.848 bits per heavy atom. The van der Waals surface area contributed by atoms with Gasteiger partial charge in [0.1, 0.15) is 11.4 Å². The first-order chi connectivity index (χ1) is 15.9. The van der Waals surface area contributed by atoms with Gasteiger partial charge in [0, 0.05) is 5.69 Å². The highest BCUT2D eigenvalue weighted by molar-refractivity contribution is 6.46. The molecule has 0 saturated carbocycles. The number of nitrogens with zero attached hydrogens (tertiary/aromatic N) is 1. The van der Waals surface area contributed by atoms with Gasteiger partial charge in [-0.25, -0.2) is 4.90 Å². The molecule has 0 unspecified atom stereocenters. The summed E-state index contributed by atoms with van der Waals surface area (Å²) in [5.41, 5.74) is 5.52. The quantitative estimate of drug-likeness (QED) is 0.472. The Balaban J connectivity index is 1.80. The van der Waals surface area contributed by atoms with E-state index in [1.165, 1.54) is 4.90 Å². The zero-order valence-electron chi connectivity index (χ0n) is 19.4. The number of benzene rings is 3. The van der Waals surface area contributed by atoms with Crippen molar-refractivity contribution in [2.24, 2.45) is 0 Å². The van der Waals surface area contributed by atoms with E-state index in [4.69, 9.17) is 4.74 Å². The zero-order valence-corrected chi connectivity index (χ0v) is 19.4. The zero-order chi connectivity index (χ0) is 23.5. The van der Waals surface area contributed by atoms with Crippen LogP contribution < -0.4 is 15.0 Å². The summed E-state index contributed by atoms with van der Waals surface area (Å²) in [5, 5.41) is 3.26. The molecule has 1 heterocycles. The minimum Gasteiger partial charge on any atom is -0.494 e. The maximum atomic E-state index is 13.7. The van der Waals surface area contributed by atoms with Crippen LogP contribution >= 0.6 is 0 Å². The van der Waals surface area contributed by atoms with Crippen LogP contribution in [0.2, 0.25) is 0 Å². The number of imide groups is 1. The van der Waals surface area contributed by atoms with Crippen LogP contribution in [0.5, 0.6) is 5.75 Å². The molecule has 5 heteroatoms. The van der Waals surface area contributed by atoms with Crippen LogP contribution in [0.15, 0.2) is 72.4 Å². The number of para-hydroxylation sites is 1. The van der Waals surface area contributed by atoms with Crippen LogP contribution in [0, 0.1) is 20.8 Å². The van der Waals surface area contributed by atoms with Gasteiger partial charge in [0.2, 0.25) is 0 Å². The number of carbonyl (C=O) groups is 2. The van der Waals surface area contributed by atoms with E-state index in [2.05, 4.69) is 5.32 Å². The Kier molecular flexibility index (Phi) is 6.31. The van der Waals surface area contributed by atoms with E-state index >= 15 is 0 Å². The van der Waals surface area contributed by atoms with Crippen molar-refractivity contribution in [2.75, 3.05) is 16.8 Å². The summed E-state index contributed by atoms with van der Waals surface area (Å²) in [6.45, 7) is 8.49. The predicted octanol–water partition coefficient (Wildman–Crippen LogP) is 5.80. The second-order valence-electron chi connectivity index (χ2n) is 8.30. The molecule has 2 amide bonds. The Hall–Kier alpha value is -3.86. The number of rotatable bonds is 7. The lowest BCUT2D eigenvalue weighted by Crippen LogP contribution is -2.33. The van der Waals surface area contributed by atoms with Crippen molar-refractivity contribution in [1.29, 1.82) is 0 Å². The fraction of sp³-hybridized carbons (Fsp3) is 0.214. The molecule has 0 radical (unpaired) electrons. The molecule has 168 valence electrons. The van der Waals surface area contributed by atoms with Crippen molar-refractivity contribution in [3.63, 3.8) is 0 Å². The van der Waals surface area contributed by atoms with E-state index in [0.717, 1.165) is 34.5 Å². The summed E-state index contributed by atoms with van der Waals surface area (Å²) >= 11 is 0. The fourth-order valence-corrected chi connectivity index (χ4v) is 3.88. The lowest BCUT2D eigenvalue weighted by Gasteiger charge is -2.18. The summed E-state index contributed by atoms with van der Waals surface area (Å²) in [5.74, 6) is 0.0306. The second kappa shape index (κ2) is 9.33. The highest BCUT2D eigenvalue weighted by Gasteiger charge is 2.41. The first kappa shape index (κ1) is 22.3. The molecule has 4 rings (SSSR count). The van der Waals surface area contributed by atoms with Crippen molar-refractivity contribution in [1.82, 2.24) is 0 Å². The number of ether oxygens (including phenoxy) is 1. The van der Waals surface area contributed by atoms with Crippen LogP contribution in [-0.4, -0.2) is 18.4 Å². The van der Waals surface area contributed by atoms with Gasteiger partial charge in [-0.3, -0.25) is 9.59 Å². The van der Waals surface area contributed by atoms with Gasteiger partial charge in [-0.2, -0.15) is 0 Å². The van der Waals surface area contributed by atoms with E-state index in [1.54, 1.807) is 0 Å². The topological polar surface area (TPSA) is 58.6 Å². The Morgan fingerprint density at radius 3 is 2.27 bits per heavy atom. The molecule has 0 aliphatic carbocycles. The molecule has 0 aromatic heterocycles. The van der Waals surface area contributed by atoms with Crippen molar-refractivity contribution >= 4 is 28.8 Å². The summed E-state index contributed by atoms with van der Waals surface area (Å²) in [6.07, 6.45) is 0.912. The van der Waals surface area contributed by atoms with Crippen molar-refractivity contribution in [2.45, 2.75) is 34.1 Å². The standard InChI is InChI=1S/C28H28N2O3/c1-5-16-33-22-14-12-21(13-15-22)25-26(29-23-9-7-6-8-19(23)3)28(32)30(27(25)31)24-17-18(2)10-11-20(24)4/h6-15,17,29H,5,16H2,1-4H3. The Morgan fingerprint density at radius 2 is 1.58 bits per heavy atom. The summed E-state index contributed by atoms with van der Waals surface area (Å²) < 4.78 is 5.68. The highest BCUT2D eigenvalue weighted by atomic mass is 16.5. The van der Waals surface area contributed by atoms with E-state index in [0.29, 0.717) is 23.4 Å². The smallest absolute Gasteiger partial charge is 0.282 e. The van der Waals surface area contributed by atoms with Crippen LogP contribution in [0.3, 0.4) is 0 Å². The van der Waals surface area contributed by atoms with Gasteiger partial charge in [-0.05, 0) is 73.7 Å². The number of nitrogens with one attached hydrogen (secondary N) is 1. The van der Waals surface area contributed by atoms with E-state index in [1.807, 2.05) is 94.4 Å². The number of carbonyl (C=O) groups excluding carboxylic acids is 2. The van der Waals surface area contributed by atoms with Gasteiger partial charge in [0.25, 0.3) is 11.8 Å². The van der Waals surface area contributed by atoms with Crippen molar-refractivity contribution < 1.29 is 14.3 Å². The van der Waals surface area contributed by atoms with E-state index in [9.17, 15) is 9.59 Å². The summed E-state index contributed by atoms with van der Waals surface area (Å²) in [4.78, 5) is 28.6. The molecule has 0 saturated heterocycles. The molecule has 33 heavy (non-hydrogen) atoms. The third-order valence-corrected chi connectivity index (χ3v) is 5.71. The van der Waals surface area contributed by atoms with Crippen molar-refractivity contribution in [3.05, 3.63) is 94.7 Å². The van der Waals surface area contributed by atoms with Crippen LogP contribution in [0.25, 0.3) is 5.57 Å². The van der Waals surface area contributed by atoms with E-state index in [-0.39, 0.29) is 17.5 Å². The van der Waals surface area contributed by atoms with Gasteiger partial charge >= 0.3 is 0 Å². The molecular formula is C28H28N2O3. The third-order valence-electron chi connectivity index (χ3n) is 5.71. The molecule has 0 bridgehead atoms. The lowest BCUT2D eigenvalue weighted by molar-refractivity contribution is -0.120. The molecule has 3 aromatic carbocycles. The largest absolute Gasteiger partial charge is 0.494 e. The van der Waals surface area contributed by atoms with Crippen LogP contribution in [0.1, 0.15) is 35.6 Å². The summed E-state index contributed by atoms with van der Waals surface area (Å²) in [7, 11) is 0. The van der Waals surface area contributed by atoms with Crippen LogP contribution in [-0.2, 0) is 9.59 Å². The molecule has 0 atom stereocenters. The number of amides is 2. The van der Waals surface area contributed by atoms with Gasteiger partial charge in [-0.1, -0.05) is 49.4 Å². The van der Waals surface area contributed by atoms with Gasteiger partial charge in [-0.15, -0.1) is 0 Å². The average molecular weight is 441 g/mol. The molecule has 1 aliphatic rings. The molecule has 1 N–H and O–H groups in total. The first-order valence-electron chi connectivity index (χ1n) is 11.2. The highest BCUT2D eigenvalue weighted by Crippen LogP contribution is 2.36. The lowest BCUT2D eigenvalue weighted by atomic mass is 10.0. The summed E-state index contributed by atoms with van der Waals surface area (Å²) in [6, 6.07) is 20.8.